The van der Waals surface area contributed by atoms with Gasteiger partial charge < -0.3 is 5.11 Å². The normalized spacial score (nSPS) is 11.7. The van der Waals surface area contributed by atoms with E-state index >= 15 is 0 Å². The van der Waals surface area contributed by atoms with Crippen molar-refractivity contribution in [2.45, 2.75) is 84.0 Å². The fourth-order valence-electron chi connectivity index (χ4n) is 2.09. The van der Waals surface area contributed by atoms with Crippen LogP contribution < -0.4 is 0 Å². The first-order valence-electron chi connectivity index (χ1n) is 8.29. The molecule has 0 spiro atoms. The van der Waals surface area contributed by atoms with Crippen LogP contribution in [-0.2, 0) is 4.79 Å². The lowest BCUT2D eigenvalue weighted by atomic mass is 10.1. The smallest absolute Gasteiger partial charge is 0.303 e. The Kier molecular flexibility index (Phi) is 15.2. The fourth-order valence-corrected chi connectivity index (χ4v) is 2.09. The summed E-state index contributed by atoms with van der Waals surface area (Å²) >= 11 is 0. The molecule has 0 radical (unpaired) electrons. The molecule has 0 aliphatic carbocycles. The number of hydrogen-bond acceptors (Lipinski definition) is 1. The van der Waals surface area contributed by atoms with Crippen LogP contribution in [0.15, 0.2) is 24.3 Å². The molecule has 0 aromatic heterocycles. The van der Waals surface area contributed by atoms with Gasteiger partial charge in [-0.25, -0.2) is 0 Å². The molecule has 1 N–H and O–H groups in total. The molecule has 0 bridgehead atoms. The number of unbranched alkanes of at least 4 members (excludes halogenated alkanes) is 8. The highest BCUT2D eigenvalue weighted by atomic mass is 16.4. The van der Waals surface area contributed by atoms with Crippen LogP contribution in [0.5, 0.6) is 0 Å². The molecule has 2 heteroatoms. The van der Waals surface area contributed by atoms with Crippen molar-refractivity contribution in [2.75, 3.05) is 0 Å². The Morgan fingerprint density at radius 2 is 1.35 bits per heavy atom. The van der Waals surface area contributed by atoms with E-state index in [4.69, 9.17) is 5.11 Å². The van der Waals surface area contributed by atoms with Crippen molar-refractivity contribution < 1.29 is 9.90 Å². The fraction of sp³-hybridized carbons (Fsp3) is 0.722. The highest BCUT2D eigenvalue weighted by Gasteiger charge is 1.95. The number of aliphatic carboxylic acids is 1. The molecule has 0 aromatic carbocycles. The minimum absolute atomic E-state index is 0.324. The Hall–Kier alpha value is -1.05. The minimum Gasteiger partial charge on any atom is -0.481 e. The molecule has 0 amide bonds. The molecule has 0 unspecified atom stereocenters. The molecular formula is C18H32O2. The largest absolute Gasteiger partial charge is 0.481 e. The molecule has 0 rings (SSSR count). The second-order valence-electron chi connectivity index (χ2n) is 5.37. The van der Waals surface area contributed by atoms with Crippen molar-refractivity contribution in [3.05, 3.63) is 24.3 Å². The van der Waals surface area contributed by atoms with Gasteiger partial charge in [0, 0.05) is 6.42 Å². The lowest BCUT2D eigenvalue weighted by molar-refractivity contribution is -0.137. The van der Waals surface area contributed by atoms with Gasteiger partial charge in [-0.15, -0.1) is 0 Å². The van der Waals surface area contributed by atoms with Gasteiger partial charge in [0.15, 0.2) is 0 Å². The molecular weight excluding hydrogens is 248 g/mol. The molecule has 20 heavy (non-hydrogen) atoms. The zero-order valence-electron chi connectivity index (χ0n) is 13.2. The summed E-state index contributed by atoms with van der Waals surface area (Å²) in [6, 6.07) is 0. The maximum Gasteiger partial charge on any atom is 0.303 e. The van der Waals surface area contributed by atoms with Gasteiger partial charge >= 0.3 is 5.97 Å². The number of carbonyl (C=O) groups is 1. The third-order valence-corrected chi connectivity index (χ3v) is 3.34. The predicted octanol–water partition coefficient (Wildman–Crippen LogP) is 5.88. The minimum atomic E-state index is -0.671. The Morgan fingerprint density at radius 1 is 0.800 bits per heavy atom. The van der Waals surface area contributed by atoms with Crippen LogP contribution in [0.25, 0.3) is 0 Å². The van der Waals surface area contributed by atoms with E-state index in [0.29, 0.717) is 6.42 Å². The summed E-state index contributed by atoms with van der Waals surface area (Å²) in [6.45, 7) is 2.23. The molecule has 0 heterocycles. The monoisotopic (exact) mass is 280 g/mol. The SMILES string of the molecule is CCCCCC=CC/C=C/CCCCCCCC(=O)O. The van der Waals surface area contributed by atoms with Gasteiger partial charge in [-0.05, 0) is 38.5 Å². The van der Waals surface area contributed by atoms with Crippen molar-refractivity contribution in [3.63, 3.8) is 0 Å². The summed E-state index contributed by atoms with van der Waals surface area (Å²) in [5.74, 6) is -0.671. The van der Waals surface area contributed by atoms with E-state index < -0.39 is 5.97 Å². The second kappa shape index (κ2) is 16.0. The van der Waals surface area contributed by atoms with Crippen LogP contribution in [0.1, 0.15) is 84.0 Å². The van der Waals surface area contributed by atoms with Crippen LogP contribution in [-0.4, -0.2) is 11.1 Å². The van der Waals surface area contributed by atoms with Gasteiger partial charge in [0.05, 0.1) is 0 Å². The zero-order chi connectivity index (χ0) is 14.9. The van der Waals surface area contributed by atoms with Crippen molar-refractivity contribution in [1.29, 1.82) is 0 Å². The van der Waals surface area contributed by atoms with Crippen molar-refractivity contribution >= 4 is 5.97 Å². The van der Waals surface area contributed by atoms with Crippen LogP contribution in [0.2, 0.25) is 0 Å². The van der Waals surface area contributed by atoms with Crippen LogP contribution in [0.3, 0.4) is 0 Å². The third-order valence-electron chi connectivity index (χ3n) is 3.34. The Labute approximate surface area is 125 Å². The Balaban J connectivity index is 3.17. The van der Waals surface area contributed by atoms with E-state index in [9.17, 15) is 4.79 Å². The molecule has 0 aliphatic rings. The van der Waals surface area contributed by atoms with Crippen molar-refractivity contribution in [3.8, 4) is 0 Å². The topological polar surface area (TPSA) is 37.3 Å². The molecule has 0 saturated heterocycles. The lowest BCUT2D eigenvalue weighted by Crippen LogP contribution is -1.93. The molecule has 0 aliphatic heterocycles. The highest BCUT2D eigenvalue weighted by Crippen LogP contribution is 2.08. The zero-order valence-corrected chi connectivity index (χ0v) is 13.2. The lowest BCUT2D eigenvalue weighted by Gasteiger charge is -1.98. The van der Waals surface area contributed by atoms with Gasteiger partial charge in [0.1, 0.15) is 0 Å². The molecule has 0 aromatic rings. The second-order valence-corrected chi connectivity index (χ2v) is 5.37. The van der Waals surface area contributed by atoms with Gasteiger partial charge in [0.25, 0.3) is 0 Å². The summed E-state index contributed by atoms with van der Waals surface area (Å²) in [7, 11) is 0. The summed E-state index contributed by atoms with van der Waals surface area (Å²) in [6.07, 6.45) is 22.3. The molecule has 116 valence electrons. The molecule has 0 fully saturated rings. The standard InChI is InChI=1S/C18H32O2/c1-2-3-4-5-6-7-8-9-10-11-12-13-14-15-16-17-18(19)20/h6-7,9-10H,2-5,8,11-17H2,1H3,(H,19,20)/b7-6?,10-9+. The van der Waals surface area contributed by atoms with Crippen molar-refractivity contribution in [1.82, 2.24) is 0 Å². The summed E-state index contributed by atoms with van der Waals surface area (Å²) < 4.78 is 0. The maximum absolute atomic E-state index is 10.3. The van der Waals surface area contributed by atoms with Gasteiger partial charge in [-0.3, -0.25) is 4.79 Å². The van der Waals surface area contributed by atoms with Crippen LogP contribution in [0, 0.1) is 0 Å². The van der Waals surface area contributed by atoms with Gasteiger partial charge in [0.2, 0.25) is 0 Å². The van der Waals surface area contributed by atoms with Gasteiger partial charge in [-0.1, -0.05) is 63.3 Å². The molecule has 0 atom stereocenters. The average Bonchev–Trinajstić information content (AvgIpc) is 2.43. The first kappa shape index (κ1) is 18.9. The van der Waals surface area contributed by atoms with Crippen LogP contribution >= 0.6 is 0 Å². The summed E-state index contributed by atoms with van der Waals surface area (Å²) in [4.78, 5) is 10.3. The molecule has 2 nitrogen and oxygen atoms in total. The van der Waals surface area contributed by atoms with Crippen molar-refractivity contribution in [2.24, 2.45) is 0 Å². The number of carboxylic acids is 1. The number of hydrogen-bond donors (Lipinski definition) is 1. The van der Waals surface area contributed by atoms with Crippen LogP contribution in [0.4, 0.5) is 0 Å². The third kappa shape index (κ3) is 16.9. The first-order chi connectivity index (χ1) is 9.77. The van der Waals surface area contributed by atoms with E-state index in [1.54, 1.807) is 0 Å². The Morgan fingerprint density at radius 3 is 1.95 bits per heavy atom. The maximum atomic E-state index is 10.3. The van der Waals surface area contributed by atoms with E-state index in [0.717, 1.165) is 25.7 Å². The quantitative estimate of drug-likeness (QED) is 0.318. The van der Waals surface area contributed by atoms with E-state index in [2.05, 4.69) is 31.2 Å². The van der Waals surface area contributed by atoms with E-state index in [-0.39, 0.29) is 0 Å². The average molecular weight is 280 g/mol. The summed E-state index contributed by atoms with van der Waals surface area (Å²) in [5, 5.41) is 8.50. The molecule has 0 saturated carbocycles. The first-order valence-corrected chi connectivity index (χ1v) is 8.29. The number of rotatable bonds is 14. The van der Waals surface area contributed by atoms with E-state index in [1.807, 2.05) is 0 Å². The highest BCUT2D eigenvalue weighted by molar-refractivity contribution is 5.66. The number of carboxylic acid groups (broad SMARTS) is 1. The van der Waals surface area contributed by atoms with Gasteiger partial charge in [-0.2, -0.15) is 0 Å². The van der Waals surface area contributed by atoms with E-state index in [1.165, 1.54) is 44.9 Å². The summed E-state index contributed by atoms with van der Waals surface area (Å²) in [5.41, 5.74) is 0. The number of allylic oxidation sites excluding steroid dienone is 4. The Bertz CT molecular complexity index is 267. The predicted molar refractivity (Wildman–Crippen MR) is 87.0 cm³/mol.